The van der Waals surface area contributed by atoms with E-state index < -0.39 is 0 Å². The third-order valence-corrected chi connectivity index (χ3v) is 3.75. The summed E-state index contributed by atoms with van der Waals surface area (Å²) in [6, 6.07) is 17.7. The summed E-state index contributed by atoms with van der Waals surface area (Å²) in [4.78, 5) is 19.5. The summed E-state index contributed by atoms with van der Waals surface area (Å²) in [5.41, 5.74) is 1.94. The summed E-state index contributed by atoms with van der Waals surface area (Å²) in [7, 11) is 0. The van der Waals surface area contributed by atoms with Crippen LogP contribution in [0.15, 0.2) is 59.4 Å². The first-order valence-corrected chi connectivity index (χ1v) is 7.50. The maximum Gasteiger partial charge on any atom is 0.258 e. The Hall–Kier alpha value is -2.46. The number of H-pyrrole nitrogens is 1. The molecule has 0 bridgehead atoms. The number of para-hydroxylation sites is 1. The lowest BCUT2D eigenvalue weighted by Crippen LogP contribution is -2.25. The van der Waals surface area contributed by atoms with Crippen LogP contribution in [0.1, 0.15) is 24.4 Å². The molecule has 3 aromatic rings. The Balaban J connectivity index is 1.70. The summed E-state index contributed by atoms with van der Waals surface area (Å²) >= 11 is 0. The van der Waals surface area contributed by atoms with Gasteiger partial charge in [-0.05, 0) is 37.6 Å². The van der Waals surface area contributed by atoms with E-state index in [1.165, 1.54) is 5.56 Å². The Kier molecular flexibility index (Phi) is 4.30. The van der Waals surface area contributed by atoms with E-state index in [0.29, 0.717) is 11.2 Å². The molecule has 1 heterocycles. The van der Waals surface area contributed by atoms with Gasteiger partial charge in [0.1, 0.15) is 5.82 Å². The molecule has 0 fully saturated rings. The summed E-state index contributed by atoms with van der Waals surface area (Å²) in [6.45, 7) is 2.85. The molecule has 22 heavy (non-hydrogen) atoms. The van der Waals surface area contributed by atoms with Gasteiger partial charge in [0.25, 0.3) is 5.56 Å². The van der Waals surface area contributed by atoms with Gasteiger partial charge in [0.05, 0.1) is 16.9 Å². The van der Waals surface area contributed by atoms with Gasteiger partial charge >= 0.3 is 0 Å². The molecule has 112 valence electrons. The van der Waals surface area contributed by atoms with Crippen LogP contribution in [-0.4, -0.2) is 16.5 Å². The van der Waals surface area contributed by atoms with Crippen molar-refractivity contribution in [3.8, 4) is 0 Å². The number of aromatic amines is 1. The van der Waals surface area contributed by atoms with E-state index in [9.17, 15) is 4.79 Å². The maximum absolute atomic E-state index is 12.1. The topological polar surface area (TPSA) is 57.8 Å². The smallest absolute Gasteiger partial charge is 0.258 e. The van der Waals surface area contributed by atoms with Crippen LogP contribution in [0.2, 0.25) is 0 Å². The van der Waals surface area contributed by atoms with Gasteiger partial charge < -0.3 is 10.3 Å². The van der Waals surface area contributed by atoms with Crippen molar-refractivity contribution in [3.05, 3.63) is 76.3 Å². The van der Waals surface area contributed by atoms with Crippen molar-refractivity contribution in [1.82, 2.24) is 15.3 Å². The van der Waals surface area contributed by atoms with Gasteiger partial charge in [0.15, 0.2) is 0 Å². The molecule has 4 nitrogen and oxygen atoms in total. The van der Waals surface area contributed by atoms with Crippen molar-refractivity contribution in [2.75, 3.05) is 6.54 Å². The van der Waals surface area contributed by atoms with E-state index in [1.807, 2.05) is 43.3 Å². The van der Waals surface area contributed by atoms with Gasteiger partial charge in [-0.2, -0.15) is 0 Å². The molecule has 2 N–H and O–H groups in total. The monoisotopic (exact) mass is 293 g/mol. The summed E-state index contributed by atoms with van der Waals surface area (Å²) < 4.78 is 0. The fourth-order valence-electron chi connectivity index (χ4n) is 2.48. The molecule has 0 saturated carbocycles. The lowest BCUT2D eigenvalue weighted by atomic mass is 10.1. The van der Waals surface area contributed by atoms with Gasteiger partial charge in [-0.15, -0.1) is 0 Å². The van der Waals surface area contributed by atoms with E-state index in [4.69, 9.17) is 0 Å². The molecule has 0 unspecified atom stereocenters. The largest absolute Gasteiger partial charge is 0.309 e. The number of hydrogen-bond donors (Lipinski definition) is 2. The zero-order chi connectivity index (χ0) is 15.4. The molecule has 0 saturated heterocycles. The number of fused-ring (bicyclic) bond motifs is 1. The van der Waals surface area contributed by atoms with Gasteiger partial charge in [0, 0.05) is 0 Å². The quantitative estimate of drug-likeness (QED) is 0.760. The minimum absolute atomic E-state index is 0.000943. The molecule has 0 spiro atoms. The molecule has 2 aromatic carbocycles. The first kappa shape index (κ1) is 14.5. The van der Waals surface area contributed by atoms with Gasteiger partial charge in [-0.3, -0.25) is 4.79 Å². The lowest BCUT2D eigenvalue weighted by Gasteiger charge is -2.13. The van der Waals surface area contributed by atoms with E-state index >= 15 is 0 Å². The molecule has 0 radical (unpaired) electrons. The third kappa shape index (κ3) is 3.23. The Bertz CT molecular complexity index is 811. The molecule has 0 aliphatic rings. The Morgan fingerprint density at radius 3 is 2.64 bits per heavy atom. The highest BCUT2D eigenvalue weighted by Gasteiger charge is 2.09. The van der Waals surface area contributed by atoms with Crippen LogP contribution in [-0.2, 0) is 6.42 Å². The second-order valence-corrected chi connectivity index (χ2v) is 5.38. The van der Waals surface area contributed by atoms with Crippen molar-refractivity contribution in [2.45, 2.75) is 19.4 Å². The molecule has 4 heteroatoms. The number of hydrogen-bond acceptors (Lipinski definition) is 3. The third-order valence-electron chi connectivity index (χ3n) is 3.75. The SMILES string of the molecule is C[C@H](NCCc1ccccc1)c1nc2ccccc2c(=O)[nH]1. The number of nitrogens with zero attached hydrogens (tertiary/aromatic N) is 1. The highest BCUT2D eigenvalue weighted by Crippen LogP contribution is 2.10. The normalized spacial score (nSPS) is 12.4. The van der Waals surface area contributed by atoms with Crippen molar-refractivity contribution in [1.29, 1.82) is 0 Å². The molecular weight excluding hydrogens is 274 g/mol. The second-order valence-electron chi connectivity index (χ2n) is 5.38. The number of aromatic nitrogens is 2. The predicted molar refractivity (Wildman–Crippen MR) is 88.9 cm³/mol. The first-order valence-electron chi connectivity index (χ1n) is 7.50. The van der Waals surface area contributed by atoms with Gasteiger partial charge in [-0.25, -0.2) is 4.98 Å². The van der Waals surface area contributed by atoms with E-state index in [0.717, 1.165) is 18.5 Å². The number of nitrogens with one attached hydrogen (secondary N) is 2. The highest BCUT2D eigenvalue weighted by molar-refractivity contribution is 5.77. The zero-order valence-corrected chi connectivity index (χ0v) is 12.5. The average molecular weight is 293 g/mol. The number of benzene rings is 2. The van der Waals surface area contributed by atoms with Crippen LogP contribution in [0.5, 0.6) is 0 Å². The second kappa shape index (κ2) is 6.54. The van der Waals surface area contributed by atoms with Crippen molar-refractivity contribution in [3.63, 3.8) is 0 Å². The Labute approximate surface area is 129 Å². The fourth-order valence-corrected chi connectivity index (χ4v) is 2.48. The van der Waals surface area contributed by atoms with Crippen molar-refractivity contribution in [2.24, 2.45) is 0 Å². The van der Waals surface area contributed by atoms with Crippen molar-refractivity contribution >= 4 is 10.9 Å². The van der Waals surface area contributed by atoms with E-state index in [2.05, 4.69) is 27.4 Å². The molecule has 1 atom stereocenters. The van der Waals surface area contributed by atoms with Crippen LogP contribution in [0.3, 0.4) is 0 Å². The molecule has 3 rings (SSSR count). The molecule has 1 aromatic heterocycles. The first-order chi connectivity index (χ1) is 10.7. The van der Waals surface area contributed by atoms with E-state index in [-0.39, 0.29) is 11.6 Å². The van der Waals surface area contributed by atoms with Crippen LogP contribution in [0.25, 0.3) is 10.9 Å². The minimum Gasteiger partial charge on any atom is -0.309 e. The van der Waals surface area contributed by atoms with Crippen LogP contribution in [0.4, 0.5) is 0 Å². The minimum atomic E-state index is -0.0858. The molecule has 0 aliphatic heterocycles. The van der Waals surface area contributed by atoms with E-state index in [1.54, 1.807) is 6.07 Å². The maximum atomic E-state index is 12.1. The Morgan fingerprint density at radius 1 is 1.09 bits per heavy atom. The summed E-state index contributed by atoms with van der Waals surface area (Å²) in [6.07, 6.45) is 0.947. The van der Waals surface area contributed by atoms with Gasteiger partial charge in [0.2, 0.25) is 0 Å². The average Bonchev–Trinajstić information content (AvgIpc) is 2.56. The fraction of sp³-hybridized carbons (Fsp3) is 0.222. The van der Waals surface area contributed by atoms with Crippen LogP contribution >= 0.6 is 0 Å². The Morgan fingerprint density at radius 2 is 1.82 bits per heavy atom. The lowest BCUT2D eigenvalue weighted by molar-refractivity contribution is 0.549. The predicted octanol–water partition coefficient (Wildman–Crippen LogP) is 2.82. The highest BCUT2D eigenvalue weighted by atomic mass is 16.1. The van der Waals surface area contributed by atoms with Crippen LogP contribution in [0, 0.1) is 0 Å². The number of rotatable bonds is 5. The summed E-state index contributed by atoms with van der Waals surface area (Å²) in [5, 5.41) is 4.03. The van der Waals surface area contributed by atoms with Crippen LogP contribution < -0.4 is 10.9 Å². The van der Waals surface area contributed by atoms with Gasteiger partial charge in [-0.1, -0.05) is 42.5 Å². The zero-order valence-electron chi connectivity index (χ0n) is 12.5. The standard InChI is InChI=1S/C18H19N3O/c1-13(19-12-11-14-7-3-2-4-8-14)17-20-16-10-6-5-9-15(16)18(22)21-17/h2-10,13,19H,11-12H2,1H3,(H,20,21,22)/t13-/m0/s1. The molecule has 0 aliphatic carbocycles. The molecule has 0 amide bonds. The molecular formula is C18H19N3O. The van der Waals surface area contributed by atoms with Crippen molar-refractivity contribution < 1.29 is 0 Å². The summed E-state index contributed by atoms with van der Waals surface area (Å²) in [5.74, 6) is 0.678.